The van der Waals surface area contributed by atoms with Crippen LogP contribution in [-0.4, -0.2) is 24.8 Å². The average molecular weight is 215 g/mol. The van der Waals surface area contributed by atoms with Crippen molar-refractivity contribution >= 4 is 0 Å². The maximum atomic E-state index is 8.96. The summed E-state index contributed by atoms with van der Waals surface area (Å²) in [6, 6.07) is 0.310. The van der Waals surface area contributed by atoms with Gasteiger partial charge in [-0.2, -0.15) is 0 Å². The van der Waals surface area contributed by atoms with E-state index in [1.807, 2.05) is 7.05 Å². The standard InChI is InChI=1S/C13H29NO/c1-3-4-5-6-7-8-9-10-11-13(12-15)14-2/h13-15H,3-12H2,1-2H3. The number of aliphatic hydroxyl groups excluding tert-OH is 1. The van der Waals surface area contributed by atoms with Crippen LogP contribution in [0, 0.1) is 0 Å². The summed E-state index contributed by atoms with van der Waals surface area (Å²) >= 11 is 0. The SMILES string of the molecule is CCCCCCCCCCC(CO)NC. The fraction of sp³-hybridized carbons (Fsp3) is 1.00. The summed E-state index contributed by atoms with van der Waals surface area (Å²) in [4.78, 5) is 0. The van der Waals surface area contributed by atoms with Crippen LogP contribution in [0.5, 0.6) is 0 Å². The van der Waals surface area contributed by atoms with Crippen molar-refractivity contribution in [2.75, 3.05) is 13.7 Å². The van der Waals surface area contributed by atoms with Gasteiger partial charge in [-0.25, -0.2) is 0 Å². The maximum absolute atomic E-state index is 8.96. The van der Waals surface area contributed by atoms with Crippen LogP contribution in [0.3, 0.4) is 0 Å². The van der Waals surface area contributed by atoms with Gasteiger partial charge in [-0.15, -0.1) is 0 Å². The van der Waals surface area contributed by atoms with Gasteiger partial charge in [0.25, 0.3) is 0 Å². The molecule has 0 aromatic rings. The van der Waals surface area contributed by atoms with E-state index in [1.165, 1.54) is 51.4 Å². The Morgan fingerprint density at radius 3 is 1.93 bits per heavy atom. The fourth-order valence-corrected chi connectivity index (χ4v) is 1.85. The molecule has 0 aliphatic rings. The Balaban J connectivity index is 3.04. The van der Waals surface area contributed by atoms with Gasteiger partial charge in [0.05, 0.1) is 6.61 Å². The first-order valence-electron chi connectivity index (χ1n) is 6.63. The van der Waals surface area contributed by atoms with E-state index < -0.39 is 0 Å². The fourth-order valence-electron chi connectivity index (χ4n) is 1.85. The lowest BCUT2D eigenvalue weighted by atomic mass is 10.1. The van der Waals surface area contributed by atoms with E-state index in [-0.39, 0.29) is 6.61 Å². The Morgan fingerprint density at radius 2 is 1.47 bits per heavy atom. The number of nitrogens with one attached hydrogen (secondary N) is 1. The predicted octanol–water partition coefficient (Wildman–Crippen LogP) is 3.10. The number of hydrogen-bond acceptors (Lipinski definition) is 2. The third kappa shape index (κ3) is 10.2. The second-order valence-corrected chi connectivity index (χ2v) is 4.43. The number of hydrogen-bond donors (Lipinski definition) is 2. The van der Waals surface area contributed by atoms with E-state index in [0.29, 0.717) is 6.04 Å². The number of aliphatic hydroxyl groups is 1. The molecule has 15 heavy (non-hydrogen) atoms. The molecule has 0 radical (unpaired) electrons. The van der Waals surface area contributed by atoms with E-state index in [9.17, 15) is 0 Å². The Hall–Kier alpha value is -0.0800. The van der Waals surface area contributed by atoms with E-state index >= 15 is 0 Å². The van der Waals surface area contributed by atoms with Gasteiger partial charge in [0, 0.05) is 6.04 Å². The van der Waals surface area contributed by atoms with Gasteiger partial charge in [-0.05, 0) is 13.5 Å². The second kappa shape index (κ2) is 12.0. The number of rotatable bonds is 11. The Kier molecular flexibility index (Phi) is 11.9. The van der Waals surface area contributed by atoms with Crippen LogP contribution in [-0.2, 0) is 0 Å². The molecule has 0 amide bonds. The lowest BCUT2D eigenvalue weighted by Gasteiger charge is -2.12. The first kappa shape index (κ1) is 14.9. The molecule has 0 spiro atoms. The minimum absolute atomic E-state index is 0.271. The summed E-state index contributed by atoms with van der Waals surface area (Å²) in [5.74, 6) is 0. The van der Waals surface area contributed by atoms with Gasteiger partial charge in [0.15, 0.2) is 0 Å². The minimum Gasteiger partial charge on any atom is -0.395 e. The molecule has 0 saturated heterocycles. The van der Waals surface area contributed by atoms with Crippen molar-refractivity contribution in [2.24, 2.45) is 0 Å². The summed E-state index contributed by atoms with van der Waals surface area (Å²) < 4.78 is 0. The molecular weight excluding hydrogens is 186 g/mol. The van der Waals surface area contributed by atoms with E-state index in [4.69, 9.17) is 5.11 Å². The quantitative estimate of drug-likeness (QED) is 0.519. The first-order chi connectivity index (χ1) is 7.35. The molecular formula is C13H29NO. The molecule has 0 fully saturated rings. The van der Waals surface area contributed by atoms with Gasteiger partial charge >= 0.3 is 0 Å². The molecule has 0 aliphatic carbocycles. The van der Waals surface area contributed by atoms with E-state index in [0.717, 1.165) is 6.42 Å². The van der Waals surface area contributed by atoms with Crippen LogP contribution in [0.4, 0.5) is 0 Å². The summed E-state index contributed by atoms with van der Waals surface area (Å²) in [7, 11) is 1.92. The van der Waals surface area contributed by atoms with Crippen LogP contribution in [0.15, 0.2) is 0 Å². The summed E-state index contributed by atoms with van der Waals surface area (Å²) in [5, 5.41) is 12.1. The topological polar surface area (TPSA) is 32.3 Å². The monoisotopic (exact) mass is 215 g/mol. The highest BCUT2D eigenvalue weighted by Gasteiger charge is 2.02. The smallest absolute Gasteiger partial charge is 0.0584 e. The average Bonchev–Trinajstić information content (AvgIpc) is 2.27. The van der Waals surface area contributed by atoms with Gasteiger partial charge in [0.1, 0.15) is 0 Å². The lowest BCUT2D eigenvalue weighted by Crippen LogP contribution is -2.28. The highest BCUT2D eigenvalue weighted by atomic mass is 16.3. The lowest BCUT2D eigenvalue weighted by molar-refractivity contribution is 0.239. The van der Waals surface area contributed by atoms with Crippen molar-refractivity contribution in [2.45, 2.75) is 70.8 Å². The number of unbranched alkanes of at least 4 members (excludes halogenated alkanes) is 7. The summed E-state index contributed by atoms with van der Waals surface area (Å²) in [6.45, 7) is 2.53. The van der Waals surface area contributed by atoms with Crippen LogP contribution in [0.25, 0.3) is 0 Å². The molecule has 0 bridgehead atoms. The third-order valence-electron chi connectivity index (χ3n) is 3.03. The van der Waals surface area contributed by atoms with Crippen LogP contribution < -0.4 is 5.32 Å². The maximum Gasteiger partial charge on any atom is 0.0584 e. The molecule has 0 aliphatic heterocycles. The van der Waals surface area contributed by atoms with Crippen molar-refractivity contribution in [3.8, 4) is 0 Å². The molecule has 0 rings (SSSR count). The van der Waals surface area contributed by atoms with Gasteiger partial charge in [-0.1, -0.05) is 58.3 Å². The molecule has 1 atom stereocenters. The first-order valence-corrected chi connectivity index (χ1v) is 6.63. The largest absolute Gasteiger partial charge is 0.395 e. The van der Waals surface area contributed by atoms with E-state index in [1.54, 1.807) is 0 Å². The second-order valence-electron chi connectivity index (χ2n) is 4.43. The summed E-state index contributed by atoms with van der Waals surface area (Å²) in [5.41, 5.74) is 0. The minimum atomic E-state index is 0.271. The van der Waals surface area contributed by atoms with Crippen LogP contribution >= 0.6 is 0 Å². The Bertz CT molecular complexity index is 113. The van der Waals surface area contributed by atoms with E-state index in [2.05, 4.69) is 12.2 Å². The zero-order chi connectivity index (χ0) is 11.4. The van der Waals surface area contributed by atoms with Gasteiger partial charge in [-0.3, -0.25) is 0 Å². The van der Waals surface area contributed by atoms with Crippen molar-refractivity contribution in [3.63, 3.8) is 0 Å². The predicted molar refractivity (Wildman–Crippen MR) is 67.2 cm³/mol. The Labute approximate surface area is 95.5 Å². The van der Waals surface area contributed by atoms with Gasteiger partial charge in [0.2, 0.25) is 0 Å². The van der Waals surface area contributed by atoms with Crippen molar-refractivity contribution in [3.05, 3.63) is 0 Å². The number of likely N-dealkylation sites (N-methyl/N-ethyl adjacent to an activating group) is 1. The molecule has 2 nitrogen and oxygen atoms in total. The normalized spacial score (nSPS) is 13.0. The Morgan fingerprint density at radius 1 is 0.933 bits per heavy atom. The van der Waals surface area contributed by atoms with Crippen LogP contribution in [0.2, 0.25) is 0 Å². The molecule has 0 aromatic carbocycles. The van der Waals surface area contributed by atoms with Crippen molar-refractivity contribution in [1.82, 2.24) is 5.32 Å². The zero-order valence-corrected chi connectivity index (χ0v) is 10.6. The highest BCUT2D eigenvalue weighted by Crippen LogP contribution is 2.10. The molecule has 0 heterocycles. The van der Waals surface area contributed by atoms with Gasteiger partial charge < -0.3 is 10.4 Å². The molecule has 0 aromatic heterocycles. The molecule has 2 heteroatoms. The van der Waals surface area contributed by atoms with Crippen LogP contribution in [0.1, 0.15) is 64.7 Å². The zero-order valence-electron chi connectivity index (χ0n) is 10.6. The molecule has 2 N–H and O–H groups in total. The molecule has 92 valence electrons. The highest BCUT2D eigenvalue weighted by molar-refractivity contribution is 4.62. The summed E-state index contributed by atoms with van der Waals surface area (Å²) in [6.07, 6.45) is 12.0. The molecule has 0 saturated carbocycles. The van der Waals surface area contributed by atoms with Crippen molar-refractivity contribution < 1.29 is 5.11 Å². The third-order valence-corrected chi connectivity index (χ3v) is 3.03. The van der Waals surface area contributed by atoms with Crippen molar-refractivity contribution in [1.29, 1.82) is 0 Å². The molecule has 1 unspecified atom stereocenters.